The summed E-state index contributed by atoms with van der Waals surface area (Å²) in [5.41, 5.74) is 1.22. The third kappa shape index (κ3) is 2.52. The fourth-order valence-corrected chi connectivity index (χ4v) is 5.51. The second-order valence-corrected chi connectivity index (χ2v) is 8.27. The van der Waals surface area contributed by atoms with Gasteiger partial charge in [0.05, 0.1) is 12.2 Å². The van der Waals surface area contributed by atoms with Gasteiger partial charge in [0.25, 0.3) is 0 Å². The van der Waals surface area contributed by atoms with Crippen LogP contribution < -0.4 is 0 Å². The Bertz CT molecular complexity index is 791. The van der Waals surface area contributed by atoms with E-state index in [9.17, 15) is 4.79 Å². The third-order valence-electron chi connectivity index (χ3n) is 5.99. The quantitative estimate of drug-likeness (QED) is 0.782. The highest BCUT2D eigenvalue weighted by Crippen LogP contribution is 2.43. The highest BCUT2D eigenvalue weighted by molar-refractivity contribution is 7.10. The monoisotopic (exact) mass is 358 g/mol. The van der Waals surface area contributed by atoms with Gasteiger partial charge in [0.1, 0.15) is 12.2 Å². The van der Waals surface area contributed by atoms with Crippen LogP contribution in [0.25, 0.3) is 0 Å². The Kier molecular flexibility index (Phi) is 3.67. The molecule has 1 fully saturated rings. The van der Waals surface area contributed by atoms with Crippen molar-refractivity contribution in [2.45, 2.75) is 44.2 Å². The molecule has 132 valence electrons. The lowest BCUT2D eigenvalue weighted by atomic mass is 9.82. The van der Waals surface area contributed by atoms with Crippen LogP contribution >= 0.6 is 11.3 Å². The normalized spacial score (nSPS) is 24.8. The van der Waals surface area contributed by atoms with Crippen LogP contribution in [-0.2, 0) is 34.5 Å². The number of amides is 1. The molecule has 6 nitrogen and oxygen atoms in total. The largest absolute Gasteiger partial charge is 0.370 e. The molecular formula is C18H22N4O2S. The van der Waals surface area contributed by atoms with Crippen LogP contribution in [0.1, 0.15) is 35.5 Å². The lowest BCUT2D eigenvalue weighted by Crippen LogP contribution is -2.50. The van der Waals surface area contributed by atoms with Crippen molar-refractivity contribution in [2.75, 3.05) is 19.7 Å². The zero-order valence-corrected chi connectivity index (χ0v) is 15.0. The van der Waals surface area contributed by atoms with Gasteiger partial charge in [-0.2, -0.15) is 5.10 Å². The number of carbonyl (C=O) groups excluding carboxylic acids is 1. The fourth-order valence-electron chi connectivity index (χ4n) is 4.56. The number of nitrogens with zero attached hydrogens (tertiary/aromatic N) is 4. The molecule has 1 amide bonds. The van der Waals surface area contributed by atoms with E-state index in [1.807, 2.05) is 20.9 Å². The molecule has 0 bridgehead atoms. The number of rotatable bonds is 1. The summed E-state index contributed by atoms with van der Waals surface area (Å²) in [5.74, 6) is 1.27. The van der Waals surface area contributed by atoms with E-state index in [2.05, 4.69) is 21.5 Å². The first-order valence-electron chi connectivity index (χ1n) is 9.11. The molecule has 3 aliphatic heterocycles. The average molecular weight is 358 g/mol. The van der Waals surface area contributed by atoms with E-state index < -0.39 is 0 Å². The van der Waals surface area contributed by atoms with Gasteiger partial charge in [-0.25, -0.2) is 4.98 Å². The maximum atomic E-state index is 13.0. The van der Waals surface area contributed by atoms with Crippen LogP contribution in [-0.4, -0.2) is 45.3 Å². The van der Waals surface area contributed by atoms with Gasteiger partial charge in [0, 0.05) is 43.3 Å². The Morgan fingerprint density at radius 2 is 2.20 bits per heavy atom. The number of fused-ring (bicyclic) bond motifs is 3. The van der Waals surface area contributed by atoms with Crippen LogP contribution in [0, 0.1) is 5.92 Å². The lowest BCUT2D eigenvalue weighted by molar-refractivity contribution is -0.145. The summed E-state index contributed by atoms with van der Waals surface area (Å²) < 4.78 is 8.17. The van der Waals surface area contributed by atoms with Crippen molar-refractivity contribution in [3.63, 3.8) is 0 Å². The van der Waals surface area contributed by atoms with Crippen molar-refractivity contribution in [2.24, 2.45) is 5.92 Å². The predicted octanol–water partition coefficient (Wildman–Crippen LogP) is 1.99. The Balaban J connectivity index is 1.28. The van der Waals surface area contributed by atoms with Gasteiger partial charge >= 0.3 is 0 Å². The SMILES string of the molecule is O=C(C1CCn2ncnc2C1)N1CCC2(CC1)OCCc1sccc12. The van der Waals surface area contributed by atoms with Gasteiger partial charge in [-0.1, -0.05) is 0 Å². The number of ether oxygens (including phenoxy) is 1. The summed E-state index contributed by atoms with van der Waals surface area (Å²) in [4.78, 5) is 20.8. The van der Waals surface area contributed by atoms with Gasteiger partial charge < -0.3 is 9.64 Å². The molecule has 0 N–H and O–H groups in total. The minimum atomic E-state index is -0.156. The number of hydrogen-bond donors (Lipinski definition) is 0. The number of piperidine rings is 1. The molecule has 5 rings (SSSR count). The molecule has 2 aromatic rings. The van der Waals surface area contributed by atoms with E-state index in [0.717, 1.165) is 57.7 Å². The molecule has 1 spiro atoms. The van der Waals surface area contributed by atoms with E-state index >= 15 is 0 Å². The first-order valence-corrected chi connectivity index (χ1v) is 9.99. The molecule has 1 unspecified atom stereocenters. The maximum Gasteiger partial charge on any atom is 0.226 e. The van der Waals surface area contributed by atoms with Crippen LogP contribution in [0.5, 0.6) is 0 Å². The lowest BCUT2D eigenvalue weighted by Gasteiger charge is -2.44. The Morgan fingerprint density at radius 1 is 1.32 bits per heavy atom. The molecule has 2 aromatic heterocycles. The van der Waals surface area contributed by atoms with Crippen molar-refractivity contribution in [1.29, 1.82) is 0 Å². The number of aryl methyl sites for hydroxylation is 1. The average Bonchev–Trinajstić information content (AvgIpc) is 3.31. The van der Waals surface area contributed by atoms with E-state index in [1.54, 1.807) is 6.33 Å². The van der Waals surface area contributed by atoms with Crippen molar-refractivity contribution < 1.29 is 9.53 Å². The molecule has 0 aromatic carbocycles. The molecule has 5 heterocycles. The molecule has 0 aliphatic carbocycles. The van der Waals surface area contributed by atoms with Gasteiger partial charge in [-0.3, -0.25) is 9.48 Å². The van der Waals surface area contributed by atoms with Crippen LogP contribution in [0.4, 0.5) is 0 Å². The van der Waals surface area contributed by atoms with Crippen LogP contribution in [0.3, 0.4) is 0 Å². The number of aromatic nitrogens is 3. The smallest absolute Gasteiger partial charge is 0.226 e. The summed E-state index contributed by atoms with van der Waals surface area (Å²) >= 11 is 1.84. The van der Waals surface area contributed by atoms with E-state index in [0.29, 0.717) is 6.42 Å². The molecular weight excluding hydrogens is 336 g/mol. The number of hydrogen-bond acceptors (Lipinski definition) is 5. The summed E-state index contributed by atoms with van der Waals surface area (Å²) in [6.07, 6.45) is 6.01. The van der Waals surface area contributed by atoms with Gasteiger partial charge in [0.2, 0.25) is 5.91 Å². The second kappa shape index (κ2) is 5.92. The van der Waals surface area contributed by atoms with Crippen molar-refractivity contribution in [3.05, 3.63) is 34.0 Å². The Morgan fingerprint density at radius 3 is 3.08 bits per heavy atom. The fraction of sp³-hybridized carbons (Fsp3) is 0.611. The van der Waals surface area contributed by atoms with Crippen molar-refractivity contribution in [3.8, 4) is 0 Å². The standard InChI is InChI=1S/C18H22N4O2S/c23-17(13-1-6-22-16(11-13)19-12-20-22)21-7-4-18(5-8-21)14-3-10-25-15(14)2-9-24-18/h3,10,12-13H,1-2,4-9,11H2. The maximum absolute atomic E-state index is 13.0. The topological polar surface area (TPSA) is 60.2 Å². The predicted molar refractivity (Wildman–Crippen MR) is 93.3 cm³/mol. The van der Waals surface area contributed by atoms with E-state index in [4.69, 9.17) is 4.74 Å². The zero-order valence-electron chi connectivity index (χ0n) is 14.2. The zero-order chi connectivity index (χ0) is 16.9. The number of carbonyl (C=O) groups is 1. The third-order valence-corrected chi connectivity index (χ3v) is 6.97. The van der Waals surface area contributed by atoms with E-state index in [1.165, 1.54) is 10.4 Å². The minimum Gasteiger partial charge on any atom is -0.370 e. The van der Waals surface area contributed by atoms with Crippen LogP contribution in [0.2, 0.25) is 0 Å². The van der Waals surface area contributed by atoms with Crippen molar-refractivity contribution in [1.82, 2.24) is 19.7 Å². The summed E-state index contributed by atoms with van der Waals surface area (Å²) in [6, 6.07) is 2.23. The molecule has 0 saturated carbocycles. The molecule has 3 aliphatic rings. The molecule has 1 saturated heterocycles. The Hall–Kier alpha value is -1.73. The van der Waals surface area contributed by atoms with Gasteiger partial charge in [-0.05, 0) is 36.3 Å². The molecule has 1 atom stereocenters. The Labute approximate surface area is 150 Å². The van der Waals surface area contributed by atoms with Gasteiger partial charge in [-0.15, -0.1) is 11.3 Å². The van der Waals surface area contributed by atoms with Gasteiger partial charge in [0.15, 0.2) is 0 Å². The second-order valence-electron chi connectivity index (χ2n) is 7.26. The minimum absolute atomic E-state index is 0.0507. The summed E-state index contributed by atoms with van der Waals surface area (Å²) in [5, 5.41) is 6.38. The highest BCUT2D eigenvalue weighted by atomic mass is 32.1. The highest BCUT2D eigenvalue weighted by Gasteiger charge is 2.43. The summed E-state index contributed by atoms with van der Waals surface area (Å²) in [7, 11) is 0. The molecule has 25 heavy (non-hydrogen) atoms. The molecule has 7 heteroatoms. The number of thiophene rings is 1. The van der Waals surface area contributed by atoms with Crippen LogP contribution in [0.15, 0.2) is 17.8 Å². The van der Waals surface area contributed by atoms with Crippen molar-refractivity contribution >= 4 is 17.2 Å². The van der Waals surface area contributed by atoms with E-state index in [-0.39, 0.29) is 17.4 Å². The summed E-state index contributed by atoms with van der Waals surface area (Å²) in [6.45, 7) is 3.18. The first-order chi connectivity index (χ1) is 12.3. The first kappa shape index (κ1) is 15.5. The molecule has 0 radical (unpaired) electrons. The number of likely N-dealkylation sites (tertiary alicyclic amines) is 1.